The average Bonchev–Trinajstić information content (AvgIpc) is 2.28. The van der Waals surface area contributed by atoms with Gasteiger partial charge in [-0.3, -0.25) is 0 Å². The molecule has 0 atom stereocenters. The molecule has 2 nitrogen and oxygen atoms in total. The number of halogens is 3. The standard InChI is InChI=1S/C12H17F3N2/c1-3-16-8-9-17(2)11-6-4-10(5-7-11)12(13,14)15/h4-7,16H,3,8-9H2,1-2H3. The van der Waals surface area contributed by atoms with Crippen LogP contribution in [-0.4, -0.2) is 26.7 Å². The van der Waals surface area contributed by atoms with E-state index in [2.05, 4.69) is 5.32 Å². The molecule has 1 rings (SSSR count). The van der Waals surface area contributed by atoms with Gasteiger partial charge in [0.25, 0.3) is 0 Å². The third kappa shape index (κ3) is 4.26. The second-order valence-electron chi connectivity index (χ2n) is 3.82. The molecule has 96 valence electrons. The largest absolute Gasteiger partial charge is 0.416 e. The van der Waals surface area contributed by atoms with E-state index in [0.29, 0.717) is 0 Å². The number of benzene rings is 1. The van der Waals surface area contributed by atoms with Gasteiger partial charge in [0.05, 0.1) is 5.56 Å². The third-order valence-electron chi connectivity index (χ3n) is 2.51. The van der Waals surface area contributed by atoms with Gasteiger partial charge in [-0.25, -0.2) is 0 Å². The van der Waals surface area contributed by atoms with Crippen molar-refractivity contribution in [1.82, 2.24) is 5.32 Å². The van der Waals surface area contributed by atoms with Crippen LogP contribution in [0.1, 0.15) is 12.5 Å². The minimum atomic E-state index is -4.26. The van der Waals surface area contributed by atoms with Crippen LogP contribution >= 0.6 is 0 Å². The Morgan fingerprint density at radius 1 is 1.18 bits per heavy atom. The van der Waals surface area contributed by atoms with Crippen molar-refractivity contribution in [3.63, 3.8) is 0 Å². The van der Waals surface area contributed by atoms with Crippen LogP contribution in [0.5, 0.6) is 0 Å². The number of anilines is 1. The molecule has 0 heterocycles. The highest BCUT2D eigenvalue weighted by Crippen LogP contribution is 2.30. The minimum Gasteiger partial charge on any atom is -0.373 e. The summed E-state index contributed by atoms with van der Waals surface area (Å²) in [5, 5.41) is 3.16. The van der Waals surface area contributed by atoms with E-state index in [1.165, 1.54) is 12.1 Å². The number of alkyl halides is 3. The van der Waals surface area contributed by atoms with Gasteiger partial charge in [-0.1, -0.05) is 6.92 Å². The summed E-state index contributed by atoms with van der Waals surface area (Å²) in [5.41, 5.74) is 0.178. The maximum Gasteiger partial charge on any atom is 0.416 e. The molecular weight excluding hydrogens is 229 g/mol. The van der Waals surface area contributed by atoms with E-state index in [1.807, 2.05) is 18.9 Å². The Morgan fingerprint density at radius 3 is 2.24 bits per heavy atom. The summed E-state index contributed by atoms with van der Waals surface area (Å²) in [7, 11) is 1.86. The topological polar surface area (TPSA) is 15.3 Å². The van der Waals surface area contributed by atoms with Crippen molar-refractivity contribution in [2.45, 2.75) is 13.1 Å². The molecule has 0 spiro atoms. The lowest BCUT2D eigenvalue weighted by atomic mass is 10.2. The molecule has 0 fully saturated rings. The molecule has 0 aliphatic carbocycles. The summed E-state index contributed by atoms with van der Waals surface area (Å²) >= 11 is 0. The van der Waals surface area contributed by atoms with E-state index in [-0.39, 0.29) is 0 Å². The van der Waals surface area contributed by atoms with E-state index < -0.39 is 11.7 Å². The number of hydrogen-bond acceptors (Lipinski definition) is 2. The fourth-order valence-corrected chi connectivity index (χ4v) is 1.46. The minimum absolute atomic E-state index is 0.610. The number of nitrogens with one attached hydrogen (secondary N) is 1. The number of hydrogen-bond donors (Lipinski definition) is 1. The zero-order valence-electron chi connectivity index (χ0n) is 10.0. The second kappa shape index (κ2) is 5.91. The van der Waals surface area contributed by atoms with Gasteiger partial charge in [0.1, 0.15) is 0 Å². The summed E-state index contributed by atoms with van der Waals surface area (Å²) in [5.74, 6) is 0. The first-order chi connectivity index (χ1) is 7.95. The van der Waals surface area contributed by atoms with E-state index in [4.69, 9.17) is 0 Å². The molecule has 0 saturated heterocycles. The van der Waals surface area contributed by atoms with Crippen LogP contribution in [0.3, 0.4) is 0 Å². The van der Waals surface area contributed by atoms with Crippen LogP contribution in [0.25, 0.3) is 0 Å². The SMILES string of the molecule is CCNCCN(C)c1ccc(C(F)(F)F)cc1. The van der Waals surface area contributed by atoms with Gasteiger partial charge in [0.2, 0.25) is 0 Å². The normalized spacial score (nSPS) is 11.6. The maximum absolute atomic E-state index is 12.3. The van der Waals surface area contributed by atoms with Gasteiger partial charge in [-0.2, -0.15) is 13.2 Å². The molecule has 1 aromatic rings. The first-order valence-electron chi connectivity index (χ1n) is 5.54. The highest BCUT2D eigenvalue weighted by Gasteiger charge is 2.29. The lowest BCUT2D eigenvalue weighted by molar-refractivity contribution is -0.137. The zero-order chi connectivity index (χ0) is 12.9. The first kappa shape index (κ1) is 13.8. The lowest BCUT2D eigenvalue weighted by Crippen LogP contribution is -2.28. The molecule has 17 heavy (non-hydrogen) atoms. The molecule has 0 radical (unpaired) electrons. The van der Waals surface area contributed by atoms with Gasteiger partial charge in [-0.05, 0) is 30.8 Å². The van der Waals surface area contributed by atoms with Crippen molar-refractivity contribution in [2.75, 3.05) is 31.6 Å². The third-order valence-corrected chi connectivity index (χ3v) is 2.51. The monoisotopic (exact) mass is 246 g/mol. The molecule has 0 amide bonds. The Hall–Kier alpha value is -1.23. The van der Waals surface area contributed by atoms with E-state index >= 15 is 0 Å². The number of nitrogens with zero attached hydrogens (tertiary/aromatic N) is 1. The van der Waals surface area contributed by atoms with Crippen LogP contribution in [0.4, 0.5) is 18.9 Å². The van der Waals surface area contributed by atoms with Crippen LogP contribution in [0.2, 0.25) is 0 Å². The molecular formula is C12H17F3N2. The van der Waals surface area contributed by atoms with Crippen LogP contribution in [0.15, 0.2) is 24.3 Å². The summed E-state index contributed by atoms with van der Waals surface area (Å²) in [6.07, 6.45) is -4.26. The highest BCUT2D eigenvalue weighted by molar-refractivity contribution is 5.47. The van der Waals surface area contributed by atoms with Gasteiger partial charge in [0.15, 0.2) is 0 Å². The van der Waals surface area contributed by atoms with Crippen molar-refractivity contribution >= 4 is 5.69 Å². The summed E-state index contributed by atoms with van der Waals surface area (Å²) in [6, 6.07) is 5.21. The number of likely N-dealkylation sites (N-methyl/N-ethyl adjacent to an activating group) is 2. The fraction of sp³-hybridized carbons (Fsp3) is 0.500. The second-order valence-corrected chi connectivity index (χ2v) is 3.82. The van der Waals surface area contributed by atoms with Gasteiger partial charge < -0.3 is 10.2 Å². The Balaban J connectivity index is 2.61. The first-order valence-corrected chi connectivity index (χ1v) is 5.54. The Kier molecular flexibility index (Phi) is 4.81. The fourth-order valence-electron chi connectivity index (χ4n) is 1.46. The van der Waals surface area contributed by atoms with E-state index in [1.54, 1.807) is 0 Å². The van der Waals surface area contributed by atoms with Gasteiger partial charge in [-0.15, -0.1) is 0 Å². The van der Waals surface area contributed by atoms with Crippen LogP contribution in [-0.2, 0) is 6.18 Å². The molecule has 0 aromatic heterocycles. The Bertz CT molecular complexity index is 333. The van der Waals surface area contributed by atoms with Crippen molar-refractivity contribution in [2.24, 2.45) is 0 Å². The predicted octanol–water partition coefficient (Wildman–Crippen LogP) is 2.75. The van der Waals surface area contributed by atoms with Crippen LogP contribution in [0, 0.1) is 0 Å². The molecule has 0 aliphatic heterocycles. The molecule has 0 unspecified atom stereocenters. The van der Waals surface area contributed by atoms with Crippen LogP contribution < -0.4 is 10.2 Å². The molecule has 0 bridgehead atoms. The zero-order valence-corrected chi connectivity index (χ0v) is 10.0. The van der Waals surface area contributed by atoms with Crippen molar-refractivity contribution in [3.8, 4) is 0 Å². The Morgan fingerprint density at radius 2 is 1.76 bits per heavy atom. The quantitative estimate of drug-likeness (QED) is 0.804. The Labute approximate surface area is 99.4 Å². The smallest absolute Gasteiger partial charge is 0.373 e. The molecule has 5 heteroatoms. The van der Waals surface area contributed by atoms with Crippen molar-refractivity contribution in [1.29, 1.82) is 0 Å². The maximum atomic E-state index is 12.3. The number of rotatable bonds is 5. The molecule has 0 aliphatic rings. The van der Waals surface area contributed by atoms with Gasteiger partial charge in [0, 0.05) is 25.8 Å². The highest BCUT2D eigenvalue weighted by atomic mass is 19.4. The average molecular weight is 246 g/mol. The molecule has 1 N–H and O–H groups in total. The molecule has 0 saturated carbocycles. The summed E-state index contributed by atoms with van der Waals surface area (Å²) in [4.78, 5) is 1.92. The summed E-state index contributed by atoms with van der Waals surface area (Å²) < 4.78 is 37.0. The predicted molar refractivity (Wildman–Crippen MR) is 63.3 cm³/mol. The molecule has 1 aromatic carbocycles. The van der Waals surface area contributed by atoms with E-state index in [0.717, 1.165) is 37.5 Å². The van der Waals surface area contributed by atoms with Gasteiger partial charge >= 0.3 is 6.18 Å². The van der Waals surface area contributed by atoms with E-state index in [9.17, 15) is 13.2 Å². The van der Waals surface area contributed by atoms with Crippen molar-refractivity contribution < 1.29 is 13.2 Å². The summed E-state index contributed by atoms with van der Waals surface area (Å²) in [6.45, 7) is 4.48. The van der Waals surface area contributed by atoms with Crippen molar-refractivity contribution in [3.05, 3.63) is 29.8 Å². The lowest BCUT2D eigenvalue weighted by Gasteiger charge is -2.20.